The number of hydrogen-bond acceptors (Lipinski definition) is 4. The molecule has 3 N–H and O–H groups in total. The predicted octanol–water partition coefficient (Wildman–Crippen LogP) is 4.58. The Balaban J connectivity index is 1.85. The Kier molecular flexibility index (Phi) is 5.27. The molecule has 1 aromatic heterocycles. The average molecular weight is 459 g/mol. The minimum atomic E-state index is -4.46. The number of aromatic nitrogens is 2. The highest BCUT2D eigenvalue weighted by atomic mass is 32.2. The molecule has 0 saturated carbocycles. The van der Waals surface area contributed by atoms with Crippen LogP contribution in [0, 0.1) is 0 Å². The summed E-state index contributed by atoms with van der Waals surface area (Å²) in [4.78, 5) is -0.0803. The number of sulfonamides is 1. The Morgan fingerprint density at radius 3 is 1.94 bits per heavy atom. The maximum atomic E-state index is 13.0. The largest absolute Gasteiger partial charge is 0.508 e. The fraction of sp³-hybridized carbons (Fsp3) is 0.0455. The van der Waals surface area contributed by atoms with Crippen molar-refractivity contribution in [3.63, 3.8) is 0 Å². The molecule has 32 heavy (non-hydrogen) atoms. The van der Waals surface area contributed by atoms with Crippen LogP contribution >= 0.6 is 0 Å². The number of phenols is 1. The zero-order valence-corrected chi connectivity index (χ0v) is 17.1. The van der Waals surface area contributed by atoms with E-state index in [1.54, 1.807) is 18.2 Å². The van der Waals surface area contributed by atoms with E-state index < -0.39 is 21.8 Å². The minimum Gasteiger partial charge on any atom is -0.508 e. The number of rotatable bonds is 4. The van der Waals surface area contributed by atoms with Crippen LogP contribution in [0.25, 0.3) is 28.2 Å². The summed E-state index contributed by atoms with van der Waals surface area (Å²) in [5.41, 5.74) is 1.86. The third-order valence-corrected chi connectivity index (χ3v) is 5.72. The van der Waals surface area contributed by atoms with Crippen molar-refractivity contribution in [2.75, 3.05) is 0 Å². The van der Waals surface area contributed by atoms with Crippen molar-refractivity contribution in [2.24, 2.45) is 5.14 Å². The molecule has 164 valence electrons. The van der Waals surface area contributed by atoms with Gasteiger partial charge in [0.15, 0.2) is 0 Å². The first kappa shape index (κ1) is 21.6. The fourth-order valence-corrected chi connectivity index (χ4v) is 3.68. The van der Waals surface area contributed by atoms with E-state index in [4.69, 9.17) is 5.14 Å². The number of alkyl halides is 3. The maximum absolute atomic E-state index is 13.0. The highest BCUT2D eigenvalue weighted by molar-refractivity contribution is 7.89. The third-order valence-electron chi connectivity index (χ3n) is 4.79. The van der Waals surface area contributed by atoms with Gasteiger partial charge in [-0.1, -0.05) is 12.1 Å². The standard InChI is InChI=1S/C22H16F3N3O3S/c23-22(24,25)16-5-1-15(2-6-16)21-13-20(14-3-9-18(29)10-4-14)27-28(21)17-7-11-19(12-8-17)32(26,30)31/h1-13,29H,(H2,26,30,31). The van der Waals surface area contributed by atoms with Crippen LogP contribution in [0.15, 0.2) is 83.8 Å². The van der Waals surface area contributed by atoms with Gasteiger partial charge in [-0.2, -0.15) is 18.3 Å². The summed E-state index contributed by atoms with van der Waals surface area (Å²) in [6, 6.07) is 18.3. The number of benzene rings is 3. The summed E-state index contributed by atoms with van der Waals surface area (Å²) in [7, 11) is -3.88. The Bertz CT molecular complexity index is 1360. The summed E-state index contributed by atoms with van der Waals surface area (Å²) in [5.74, 6) is 0.0785. The highest BCUT2D eigenvalue weighted by Crippen LogP contribution is 2.33. The van der Waals surface area contributed by atoms with E-state index in [9.17, 15) is 26.7 Å². The molecule has 4 rings (SSSR count). The van der Waals surface area contributed by atoms with E-state index in [1.165, 1.54) is 53.2 Å². The summed E-state index contributed by atoms with van der Waals surface area (Å²) < 4.78 is 63.5. The van der Waals surface area contributed by atoms with Crippen molar-refractivity contribution in [2.45, 2.75) is 11.1 Å². The van der Waals surface area contributed by atoms with Crippen LogP contribution in [-0.4, -0.2) is 23.3 Å². The maximum Gasteiger partial charge on any atom is 0.416 e. The molecule has 0 unspecified atom stereocenters. The lowest BCUT2D eigenvalue weighted by Crippen LogP contribution is -2.12. The van der Waals surface area contributed by atoms with Gasteiger partial charge in [0.2, 0.25) is 10.0 Å². The minimum absolute atomic E-state index is 0.0785. The second kappa shape index (κ2) is 7.81. The van der Waals surface area contributed by atoms with Crippen molar-refractivity contribution in [3.8, 4) is 34.0 Å². The van der Waals surface area contributed by atoms with Crippen molar-refractivity contribution < 1.29 is 26.7 Å². The van der Waals surface area contributed by atoms with Gasteiger partial charge in [0.05, 0.1) is 27.5 Å². The Morgan fingerprint density at radius 1 is 0.844 bits per heavy atom. The normalized spacial score (nSPS) is 12.1. The van der Waals surface area contributed by atoms with E-state index in [1.807, 2.05) is 0 Å². The molecule has 10 heteroatoms. The zero-order valence-electron chi connectivity index (χ0n) is 16.3. The van der Waals surface area contributed by atoms with Crippen molar-refractivity contribution in [3.05, 3.63) is 84.4 Å². The Morgan fingerprint density at radius 2 is 1.41 bits per heavy atom. The molecule has 6 nitrogen and oxygen atoms in total. The smallest absolute Gasteiger partial charge is 0.416 e. The Hall–Kier alpha value is -3.63. The van der Waals surface area contributed by atoms with Gasteiger partial charge in [-0.05, 0) is 66.7 Å². The molecular weight excluding hydrogens is 443 g/mol. The number of phenolic OH excluding ortho intramolecular Hbond substituents is 1. The van der Waals surface area contributed by atoms with E-state index in [0.717, 1.165) is 12.1 Å². The van der Waals surface area contributed by atoms with Gasteiger partial charge in [0.25, 0.3) is 0 Å². The number of halogens is 3. The lowest BCUT2D eigenvalue weighted by molar-refractivity contribution is -0.137. The second-order valence-corrected chi connectivity index (χ2v) is 8.55. The third kappa shape index (κ3) is 4.36. The SMILES string of the molecule is NS(=O)(=O)c1ccc(-n2nc(-c3ccc(O)cc3)cc2-c2ccc(C(F)(F)F)cc2)cc1. The average Bonchev–Trinajstić information content (AvgIpc) is 3.19. The number of primary sulfonamides is 1. The van der Waals surface area contributed by atoms with Crippen molar-refractivity contribution >= 4 is 10.0 Å². The first-order valence-electron chi connectivity index (χ1n) is 9.23. The first-order chi connectivity index (χ1) is 15.0. The number of hydrogen-bond donors (Lipinski definition) is 2. The molecule has 0 saturated heterocycles. The van der Waals surface area contributed by atoms with E-state index >= 15 is 0 Å². The van der Waals surface area contributed by atoms with Crippen LogP contribution in [0.5, 0.6) is 5.75 Å². The molecule has 0 atom stereocenters. The molecule has 0 aliphatic rings. The van der Waals surface area contributed by atoms with Crippen LogP contribution in [0.2, 0.25) is 0 Å². The zero-order chi connectivity index (χ0) is 23.1. The van der Waals surface area contributed by atoms with Gasteiger partial charge >= 0.3 is 6.18 Å². The molecule has 0 radical (unpaired) electrons. The highest BCUT2D eigenvalue weighted by Gasteiger charge is 2.30. The van der Waals surface area contributed by atoms with Crippen molar-refractivity contribution in [1.29, 1.82) is 0 Å². The fourth-order valence-electron chi connectivity index (χ4n) is 3.16. The van der Waals surface area contributed by atoms with E-state index in [-0.39, 0.29) is 10.6 Å². The van der Waals surface area contributed by atoms with E-state index in [0.29, 0.717) is 28.2 Å². The topological polar surface area (TPSA) is 98.2 Å². The van der Waals surface area contributed by atoms with Gasteiger partial charge in [0, 0.05) is 11.1 Å². The van der Waals surface area contributed by atoms with Crippen LogP contribution < -0.4 is 5.14 Å². The molecule has 4 aromatic rings. The van der Waals surface area contributed by atoms with Crippen LogP contribution in [-0.2, 0) is 16.2 Å². The van der Waals surface area contributed by atoms with Crippen molar-refractivity contribution in [1.82, 2.24) is 9.78 Å². The second-order valence-electron chi connectivity index (χ2n) is 6.99. The Labute approximate surface area is 181 Å². The van der Waals surface area contributed by atoms with Crippen LogP contribution in [0.4, 0.5) is 13.2 Å². The van der Waals surface area contributed by atoms with E-state index in [2.05, 4.69) is 5.10 Å². The number of nitrogens with two attached hydrogens (primary N) is 1. The number of aromatic hydroxyl groups is 1. The van der Waals surface area contributed by atoms with Gasteiger partial charge in [-0.25, -0.2) is 18.2 Å². The molecule has 0 fully saturated rings. The van der Waals surface area contributed by atoms with Crippen LogP contribution in [0.1, 0.15) is 5.56 Å². The van der Waals surface area contributed by atoms with Gasteiger partial charge in [-0.15, -0.1) is 0 Å². The molecule has 0 spiro atoms. The molecule has 3 aromatic carbocycles. The van der Waals surface area contributed by atoms with Gasteiger partial charge < -0.3 is 5.11 Å². The monoisotopic (exact) mass is 459 g/mol. The first-order valence-corrected chi connectivity index (χ1v) is 10.8. The number of nitrogens with zero attached hydrogens (tertiary/aromatic N) is 2. The summed E-state index contributed by atoms with van der Waals surface area (Å²) in [6.45, 7) is 0. The molecule has 0 bridgehead atoms. The van der Waals surface area contributed by atoms with Gasteiger partial charge in [-0.3, -0.25) is 0 Å². The molecule has 0 amide bonds. The summed E-state index contributed by atoms with van der Waals surface area (Å²) in [5, 5.41) is 19.2. The molecule has 1 heterocycles. The summed E-state index contributed by atoms with van der Waals surface area (Å²) in [6.07, 6.45) is -4.46. The quantitative estimate of drug-likeness (QED) is 0.467. The lowest BCUT2D eigenvalue weighted by atomic mass is 10.1. The van der Waals surface area contributed by atoms with Gasteiger partial charge in [0.1, 0.15) is 5.75 Å². The molecular formula is C22H16F3N3O3S. The lowest BCUT2D eigenvalue weighted by Gasteiger charge is -2.10. The molecule has 0 aliphatic heterocycles. The summed E-state index contributed by atoms with van der Waals surface area (Å²) >= 11 is 0. The molecule has 0 aliphatic carbocycles. The van der Waals surface area contributed by atoms with Crippen LogP contribution in [0.3, 0.4) is 0 Å². The predicted molar refractivity (Wildman–Crippen MR) is 112 cm³/mol.